The van der Waals surface area contributed by atoms with E-state index < -0.39 is 0 Å². The topological polar surface area (TPSA) is 17.1 Å². The molecule has 0 amide bonds. The normalized spacial score (nSPS) is 25.4. The molecular weight excluding hydrogens is 263 g/mol. The number of halogens is 1. The van der Waals surface area contributed by atoms with Gasteiger partial charge in [-0.15, -0.1) is 0 Å². The van der Waals surface area contributed by atoms with Crippen molar-refractivity contribution in [1.82, 2.24) is 0 Å². The minimum Gasteiger partial charge on any atom is -0.300 e. The average Bonchev–Trinajstić information content (AvgIpc) is 2.26. The fourth-order valence-electron chi connectivity index (χ4n) is 1.89. The lowest BCUT2D eigenvalue weighted by Crippen LogP contribution is -2.05. The van der Waals surface area contributed by atoms with Crippen LogP contribution < -0.4 is 0 Å². The zero-order valence-electron chi connectivity index (χ0n) is 7.52. The number of hydrogen-bond acceptors (Lipinski definition) is 1. The second kappa shape index (κ2) is 5.95. The highest BCUT2D eigenvalue weighted by Crippen LogP contribution is 2.24. The van der Waals surface area contributed by atoms with Gasteiger partial charge in [0.1, 0.15) is 5.78 Å². The Kier molecular flexibility index (Phi) is 5.19. The second-order valence-electron chi connectivity index (χ2n) is 3.69. The lowest BCUT2D eigenvalue weighted by Gasteiger charge is -2.11. The summed E-state index contributed by atoms with van der Waals surface area (Å²) in [4.78, 5) is 11.3. The monoisotopic (exact) mass is 280 g/mol. The van der Waals surface area contributed by atoms with Gasteiger partial charge >= 0.3 is 0 Å². The van der Waals surface area contributed by atoms with Gasteiger partial charge in [-0.05, 0) is 29.6 Å². The summed E-state index contributed by atoms with van der Waals surface area (Å²) in [5.74, 6) is 1.22. The van der Waals surface area contributed by atoms with Crippen molar-refractivity contribution < 1.29 is 4.79 Å². The van der Waals surface area contributed by atoms with Gasteiger partial charge in [0, 0.05) is 12.8 Å². The Morgan fingerprint density at radius 1 is 1.42 bits per heavy atom. The minimum atomic E-state index is 0.506. The highest BCUT2D eigenvalue weighted by atomic mass is 127. The molecular formula is C10H17IO. The van der Waals surface area contributed by atoms with Gasteiger partial charge in [0.15, 0.2) is 0 Å². The number of ketones is 1. The Morgan fingerprint density at radius 2 is 2.25 bits per heavy atom. The molecule has 1 aliphatic rings. The van der Waals surface area contributed by atoms with Crippen LogP contribution >= 0.6 is 22.6 Å². The second-order valence-corrected chi connectivity index (χ2v) is 4.76. The van der Waals surface area contributed by atoms with Crippen molar-refractivity contribution in [3.05, 3.63) is 0 Å². The Bertz CT molecular complexity index is 145. The summed E-state index contributed by atoms with van der Waals surface area (Å²) >= 11 is 2.41. The first kappa shape index (κ1) is 10.5. The predicted molar refractivity (Wildman–Crippen MR) is 59.7 cm³/mol. The van der Waals surface area contributed by atoms with E-state index in [1.54, 1.807) is 0 Å². The number of Topliss-reactive ketones (excluding diaryl/α,β-unsaturated/α-hetero) is 1. The Hall–Kier alpha value is 0.400. The van der Waals surface area contributed by atoms with Gasteiger partial charge in [-0.2, -0.15) is 0 Å². The molecule has 0 spiro atoms. The molecule has 1 saturated carbocycles. The lowest BCUT2D eigenvalue weighted by molar-refractivity contribution is -0.119. The maximum atomic E-state index is 11.3. The van der Waals surface area contributed by atoms with Gasteiger partial charge in [0.25, 0.3) is 0 Å². The summed E-state index contributed by atoms with van der Waals surface area (Å²) in [6, 6.07) is 0. The molecule has 1 fully saturated rings. The van der Waals surface area contributed by atoms with Crippen LogP contribution in [0.1, 0.15) is 44.9 Å². The van der Waals surface area contributed by atoms with Gasteiger partial charge in [-0.3, -0.25) is 4.79 Å². The van der Waals surface area contributed by atoms with Crippen LogP contribution in [-0.4, -0.2) is 10.2 Å². The molecule has 1 unspecified atom stereocenters. The molecule has 1 atom stereocenters. The molecule has 12 heavy (non-hydrogen) atoms. The van der Waals surface area contributed by atoms with E-state index in [0.29, 0.717) is 5.78 Å². The molecule has 70 valence electrons. The minimum absolute atomic E-state index is 0.506. The molecule has 2 heteroatoms. The molecule has 1 rings (SSSR count). The molecule has 1 nitrogen and oxygen atoms in total. The standard InChI is InChI=1S/C10H17IO/c11-7-3-5-9-4-1-2-6-10(12)8-9/h9H,1-8H2. The first-order valence-corrected chi connectivity index (χ1v) is 6.43. The van der Waals surface area contributed by atoms with E-state index in [4.69, 9.17) is 0 Å². The van der Waals surface area contributed by atoms with E-state index in [9.17, 15) is 4.79 Å². The smallest absolute Gasteiger partial charge is 0.133 e. The van der Waals surface area contributed by atoms with Gasteiger partial charge in [-0.1, -0.05) is 35.4 Å². The quantitative estimate of drug-likeness (QED) is 0.440. The fraction of sp³-hybridized carbons (Fsp3) is 0.900. The molecule has 0 heterocycles. The van der Waals surface area contributed by atoms with Crippen LogP contribution in [0.3, 0.4) is 0 Å². The summed E-state index contributed by atoms with van der Waals surface area (Å²) in [5.41, 5.74) is 0. The Labute approximate surface area is 88.4 Å². The van der Waals surface area contributed by atoms with Crippen LogP contribution in [0, 0.1) is 5.92 Å². The van der Waals surface area contributed by atoms with Crippen LogP contribution in [0.2, 0.25) is 0 Å². The molecule has 0 aromatic heterocycles. The maximum absolute atomic E-state index is 11.3. The van der Waals surface area contributed by atoms with Crippen LogP contribution in [0.4, 0.5) is 0 Å². The van der Waals surface area contributed by atoms with Crippen LogP contribution in [0.15, 0.2) is 0 Å². The number of carbonyl (C=O) groups is 1. The number of alkyl halides is 1. The van der Waals surface area contributed by atoms with Crippen molar-refractivity contribution in [2.75, 3.05) is 4.43 Å². The third-order valence-electron chi connectivity index (χ3n) is 2.58. The van der Waals surface area contributed by atoms with Crippen molar-refractivity contribution >= 4 is 28.4 Å². The van der Waals surface area contributed by atoms with Crippen LogP contribution in [-0.2, 0) is 4.79 Å². The van der Waals surface area contributed by atoms with Crippen molar-refractivity contribution in [2.24, 2.45) is 5.92 Å². The molecule has 0 N–H and O–H groups in total. The molecule has 0 aliphatic heterocycles. The fourth-order valence-corrected chi connectivity index (χ4v) is 2.33. The summed E-state index contributed by atoms with van der Waals surface area (Å²) in [7, 11) is 0. The summed E-state index contributed by atoms with van der Waals surface area (Å²) in [5, 5.41) is 0. The van der Waals surface area contributed by atoms with Gasteiger partial charge in [0.05, 0.1) is 0 Å². The predicted octanol–water partition coefficient (Wildman–Crippen LogP) is 3.35. The first-order valence-electron chi connectivity index (χ1n) is 4.90. The molecule has 0 bridgehead atoms. The van der Waals surface area contributed by atoms with E-state index in [1.807, 2.05) is 0 Å². The SMILES string of the molecule is O=C1CCCCC(CCCI)C1. The third kappa shape index (κ3) is 3.87. The molecule has 0 aromatic rings. The Balaban J connectivity index is 2.26. The van der Waals surface area contributed by atoms with Crippen LogP contribution in [0.25, 0.3) is 0 Å². The average molecular weight is 280 g/mol. The third-order valence-corrected chi connectivity index (χ3v) is 3.34. The molecule has 0 radical (unpaired) electrons. The van der Waals surface area contributed by atoms with E-state index in [1.165, 1.54) is 30.1 Å². The van der Waals surface area contributed by atoms with E-state index in [0.717, 1.165) is 25.2 Å². The highest BCUT2D eigenvalue weighted by Gasteiger charge is 2.16. The first-order chi connectivity index (χ1) is 5.83. The molecule has 1 aliphatic carbocycles. The van der Waals surface area contributed by atoms with E-state index in [-0.39, 0.29) is 0 Å². The van der Waals surface area contributed by atoms with E-state index in [2.05, 4.69) is 22.6 Å². The van der Waals surface area contributed by atoms with Gasteiger partial charge in [0.2, 0.25) is 0 Å². The lowest BCUT2D eigenvalue weighted by atomic mass is 9.95. The van der Waals surface area contributed by atoms with Crippen molar-refractivity contribution in [3.63, 3.8) is 0 Å². The summed E-state index contributed by atoms with van der Waals surface area (Å²) < 4.78 is 1.24. The zero-order valence-corrected chi connectivity index (χ0v) is 9.68. The summed E-state index contributed by atoms with van der Waals surface area (Å²) in [6.07, 6.45) is 7.99. The molecule has 0 saturated heterocycles. The largest absolute Gasteiger partial charge is 0.300 e. The van der Waals surface area contributed by atoms with E-state index >= 15 is 0 Å². The molecule has 0 aromatic carbocycles. The van der Waals surface area contributed by atoms with Crippen LogP contribution in [0.5, 0.6) is 0 Å². The van der Waals surface area contributed by atoms with Crippen molar-refractivity contribution in [3.8, 4) is 0 Å². The number of carbonyl (C=O) groups excluding carboxylic acids is 1. The number of hydrogen-bond donors (Lipinski definition) is 0. The van der Waals surface area contributed by atoms with Gasteiger partial charge < -0.3 is 0 Å². The summed E-state index contributed by atoms with van der Waals surface area (Å²) in [6.45, 7) is 0. The Morgan fingerprint density at radius 3 is 3.00 bits per heavy atom. The number of rotatable bonds is 3. The van der Waals surface area contributed by atoms with Crippen molar-refractivity contribution in [2.45, 2.75) is 44.9 Å². The van der Waals surface area contributed by atoms with Crippen molar-refractivity contribution in [1.29, 1.82) is 0 Å². The highest BCUT2D eigenvalue weighted by molar-refractivity contribution is 14.1. The maximum Gasteiger partial charge on any atom is 0.133 e. The zero-order chi connectivity index (χ0) is 8.81. The van der Waals surface area contributed by atoms with Gasteiger partial charge in [-0.25, -0.2) is 0 Å².